The third-order valence-electron chi connectivity index (χ3n) is 2.39. The number of amides is 1. The largest absolute Gasteiger partial charge is 0.463 e. The second-order valence-corrected chi connectivity index (χ2v) is 3.51. The van der Waals surface area contributed by atoms with E-state index in [4.69, 9.17) is 10.8 Å². The molecule has 80 valence electrons. The van der Waals surface area contributed by atoms with Gasteiger partial charge in [-0.15, -0.1) is 6.42 Å². The second kappa shape index (κ2) is 4.11. The molecule has 2 rings (SSSR count). The number of hydrogen-bond donors (Lipinski definition) is 0. The summed E-state index contributed by atoms with van der Waals surface area (Å²) in [5, 5.41) is 0.816. The monoisotopic (exact) mass is 213 g/mol. The SMILES string of the molecule is C#CCN(C)C(=O)c1coc2ccccc12. The van der Waals surface area contributed by atoms with Gasteiger partial charge >= 0.3 is 0 Å². The highest BCUT2D eigenvalue weighted by Gasteiger charge is 2.16. The molecule has 1 heterocycles. The first-order valence-corrected chi connectivity index (χ1v) is 4.89. The predicted molar refractivity (Wildman–Crippen MR) is 62.0 cm³/mol. The van der Waals surface area contributed by atoms with Crippen molar-refractivity contribution < 1.29 is 9.21 Å². The maximum Gasteiger partial charge on any atom is 0.258 e. The van der Waals surface area contributed by atoms with E-state index in [9.17, 15) is 4.79 Å². The van der Waals surface area contributed by atoms with Crippen LogP contribution in [-0.2, 0) is 0 Å². The first-order chi connectivity index (χ1) is 7.74. The quantitative estimate of drug-likeness (QED) is 0.716. The Hall–Kier alpha value is -2.21. The Balaban J connectivity index is 2.41. The van der Waals surface area contributed by atoms with Crippen LogP contribution in [0.4, 0.5) is 0 Å². The van der Waals surface area contributed by atoms with Gasteiger partial charge in [0, 0.05) is 12.4 Å². The molecule has 1 aromatic carbocycles. The van der Waals surface area contributed by atoms with Gasteiger partial charge in [0.15, 0.2) is 0 Å². The van der Waals surface area contributed by atoms with Crippen LogP contribution in [0.25, 0.3) is 11.0 Å². The number of rotatable bonds is 2. The third-order valence-corrected chi connectivity index (χ3v) is 2.39. The molecule has 3 heteroatoms. The lowest BCUT2D eigenvalue weighted by Crippen LogP contribution is -2.26. The van der Waals surface area contributed by atoms with Crippen molar-refractivity contribution in [2.24, 2.45) is 0 Å². The van der Waals surface area contributed by atoms with Crippen LogP contribution in [0.1, 0.15) is 10.4 Å². The van der Waals surface area contributed by atoms with Gasteiger partial charge in [-0.3, -0.25) is 4.79 Å². The van der Waals surface area contributed by atoms with Gasteiger partial charge in [0.1, 0.15) is 11.8 Å². The summed E-state index contributed by atoms with van der Waals surface area (Å²) in [4.78, 5) is 13.5. The fourth-order valence-electron chi connectivity index (χ4n) is 1.56. The highest BCUT2D eigenvalue weighted by molar-refractivity contribution is 6.05. The van der Waals surface area contributed by atoms with Gasteiger partial charge in [0.2, 0.25) is 0 Å². The summed E-state index contributed by atoms with van der Waals surface area (Å²) in [7, 11) is 1.67. The summed E-state index contributed by atoms with van der Waals surface area (Å²) in [5.41, 5.74) is 1.26. The lowest BCUT2D eigenvalue weighted by atomic mass is 10.1. The lowest BCUT2D eigenvalue weighted by Gasteiger charge is -2.12. The third kappa shape index (κ3) is 1.66. The molecule has 0 bridgehead atoms. The van der Waals surface area contributed by atoms with Crippen LogP contribution in [0, 0.1) is 12.3 Å². The zero-order chi connectivity index (χ0) is 11.5. The number of terminal acetylenes is 1. The number of furan rings is 1. The molecule has 0 saturated heterocycles. The number of hydrogen-bond acceptors (Lipinski definition) is 2. The van der Waals surface area contributed by atoms with E-state index in [1.54, 1.807) is 7.05 Å². The summed E-state index contributed by atoms with van der Waals surface area (Å²) >= 11 is 0. The van der Waals surface area contributed by atoms with E-state index in [1.165, 1.54) is 11.2 Å². The van der Waals surface area contributed by atoms with Gasteiger partial charge < -0.3 is 9.32 Å². The Labute approximate surface area is 93.7 Å². The first kappa shape index (κ1) is 10.3. The molecule has 0 aliphatic carbocycles. The van der Waals surface area contributed by atoms with Crippen LogP contribution in [-0.4, -0.2) is 24.4 Å². The smallest absolute Gasteiger partial charge is 0.258 e. The molecule has 3 nitrogen and oxygen atoms in total. The summed E-state index contributed by atoms with van der Waals surface area (Å²) in [5.74, 6) is 2.31. The molecule has 0 saturated carbocycles. The van der Waals surface area contributed by atoms with Crippen LogP contribution >= 0.6 is 0 Å². The van der Waals surface area contributed by atoms with Gasteiger partial charge in [-0.05, 0) is 6.07 Å². The van der Waals surface area contributed by atoms with Crippen molar-refractivity contribution >= 4 is 16.9 Å². The number of para-hydroxylation sites is 1. The normalized spacial score (nSPS) is 10.0. The fraction of sp³-hybridized carbons (Fsp3) is 0.154. The van der Waals surface area contributed by atoms with Crippen molar-refractivity contribution in [3.05, 3.63) is 36.1 Å². The van der Waals surface area contributed by atoms with Crippen LogP contribution < -0.4 is 0 Å². The highest BCUT2D eigenvalue weighted by Crippen LogP contribution is 2.21. The topological polar surface area (TPSA) is 33.5 Å². The molecule has 1 amide bonds. The Morgan fingerprint density at radius 1 is 1.50 bits per heavy atom. The van der Waals surface area contributed by atoms with Gasteiger partial charge in [0.25, 0.3) is 5.91 Å². The van der Waals surface area contributed by atoms with E-state index < -0.39 is 0 Å². The number of carbonyl (C=O) groups excluding carboxylic acids is 1. The molecular weight excluding hydrogens is 202 g/mol. The first-order valence-electron chi connectivity index (χ1n) is 4.89. The second-order valence-electron chi connectivity index (χ2n) is 3.51. The number of fused-ring (bicyclic) bond motifs is 1. The fourth-order valence-corrected chi connectivity index (χ4v) is 1.56. The van der Waals surface area contributed by atoms with Crippen molar-refractivity contribution in [1.82, 2.24) is 4.90 Å². The maximum atomic E-state index is 12.0. The predicted octanol–water partition coefficient (Wildman–Crippen LogP) is 2.14. The minimum absolute atomic E-state index is 0.122. The Kier molecular flexibility index (Phi) is 2.65. The molecule has 0 radical (unpaired) electrons. The highest BCUT2D eigenvalue weighted by atomic mass is 16.3. The van der Waals surface area contributed by atoms with Crippen LogP contribution in [0.2, 0.25) is 0 Å². The summed E-state index contributed by atoms with van der Waals surface area (Å²) < 4.78 is 5.30. The van der Waals surface area contributed by atoms with Crippen LogP contribution in [0.3, 0.4) is 0 Å². The summed E-state index contributed by atoms with van der Waals surface area (Å²) in [6, 6.07) is 7.42. The molecule has 0 fully saturated rings. The molecular formula is C13H11NO2. The minimum atomic E-state index is -0.122. The van der Waals surface area contributed by atoms with Crippen molar-refractivity contribution in [1.29, 1.82) is 0 Å². The molecule has 0 unspecified atom stereocenters. The zero-order valence-corrected chi connectivity index (χ0v) is 8.93. The Morgan fingerprint density at radius 2 is 2.25 bits per heavy atom. The van der Waals surface area contributed by atoms with Gasteiger partial charge in [0.05, 0.1) is 12.1 Å². The number of nitrogens with zero attached hydrogens (tertiary/aromatic N) is 1. The van der Waals surface area contributed by atoms with Gasteiger partial charge in [-0.1, -0.05) is 24.1 Å². The molecule has 16 heavy (non-hydrogen) atoms. The van der Waals surface area contributed by atoms with Crippen molar-refractivity contribution in [2.45, 2.75) is 0 Å². The van der Waals surface area contributed by atoms with Gasteiger partial charge in [-0.25, -0.2) is 0 Å². The maximum absolute atomic E-state index is 12.0. The molecule has 0 aliphatic heterocycles. The molecule has 0 spiro atoms. The van der Waals surface area contributed by atoms with E-state index in [0.29, 0.717) is 17.7 Å². The summed E-state index contributed by atoms with van der Waals surface area (Å²) in [6.45, 7) is 0.290. The van der Waals surface area contributed by atoms with Crippen LogP contribution in [0.15, 0.2) is 34.9 Å². The number of carbonyl (C=O) groups is 1. The molecule has 0 atom stereocenters. The number of benzene rings is 1. The molecule has 0 N–H and O–H groups in total. The minimum Gasteiger partial charge on any atom is -0.463 e. The Bertz CT molecular complexity index is 563. The molecule has 2 aromatic rings. The van der Waals surface area contributed by atoms with Crippen molar-refractivity contribution in [2.75, 3.05) is 13.6 Å². The van der Waals surface area contributed by atoms with Crippen LogP contribution in [0.5, 0.6) is 0 Å². The van der Waals surface area contributed by atoms with E-state index in [1.807, 2.05) is 24.3 Å². The molecule has 0 aliphatic rings. The lowest BCUT2D eigenvalue weighted by molar-refractivity contribution is 0.0813. The van der Waals surface area contributed by atoms with E-state index in [-0.39, 0.29) is 5.91 Å². The van der Waals surface area contributed by atoms with Gasteiger partial charge in [-0.2, -0.15) is 0 Å². The average Bonchev–Trinajstić information content (AvgIpc) is 2.72. The van der Waals surface area contributed by atoms with E-state index >= 15 is 0 Å². The van der Waals surface area contributed by atoms with E-state index in [0.717, 1.165) is 5.39 Å². The standard InChI is InChI=1S/C13H11NO2/c1-3-8-14(2)13(15)11-9-16-12-7-5-4-6-10(11)12/h1,4-7,9H,8H2,2H3. The average molecular weight is 213 g/mol. The summed E-state index contributed by atoms with van der Waals surface area (Å²) in [6.07, 6.45) is 6.64. The molecule has 1 aromatic heterocycles. The van der Waals surface area contributed by atoms with Crippen molar-refractivity contribution in [3.63, 3.8) is 0 Å². The van der Waals surface area contributed by atoms with E-state index in [2.05, 4.69) is 5.92 Å². The van der Waals surface area contributed by atoms with Crippen molar-refractivity contribution in [3.8, 4) is 12.3 Å². The zero-order valence-electron chi connectivity index (χ0n) is 8.93. The Morgan fingerprint density at radius 3 is 3.00 bits per heavy atom.